The second-order valence-corrected chi connectivity index (χ2v) is 13.7. The van der Waals surface area contributed by atoms with Gasteiger partial charge in [0, 0.05) is 12.6 Å². The average molecular weight is 644 g/mol. The maximum atomic E-state index is 12.8. The number of likely N-dealkylation sites (N-methyl/N-ethyl adjacent to an activating group) is 1. The van der Waals surface area contributed by atoms with E-state index in [1.165, 1.54) is 20.9 Å². The summed E-state index contributed by atoms with van der Waals surface area (Å²) in [6.45, 7) is 2.30. The number of aliphatic hydroxyl groups is 5. The summed E-state index contributed by atoms with van der Waals surface area (Å²) in [6.07, 6.45) is -9.97. The minimum absolute atomic E-state index is 0.0957. The number of nitrogens with two attached hydrogens (primary N) is 5. The van der Waals surface area contributed by atoms with Crippen molar-refractivity contribution in [1.82, 2.24) is 10.0 Å². The van der Waals surface area contributed by atoms with Crippen LogP contribution in [0.1, 0.15) is 26.7 Å². The molecule has 0 amide bonds. The third-order valence-electron chi connectivity index (χ3n) is 7.98. The molecule has 0 radical (unpaired) electrons. The van der Waals surface area contributed by atoms with Crippen LogP contribution in [-0.2, 0) is 29.0 Å². The summed E-state index contributed by atoms with van der Waals surface area (Å²) in [5.41, 5.74) is 27.1. The molecule has 0 spiro atoms. The fourth-order valence-corrected chi connectivity index (χ4v) is 6.83. The topological polar surface area (TPSA) is 326 Å². The second kappa shape index (κ2) is 14.1. The molecule has 2 aliphatic heterocycles. The van der Waals surface area contributed by atoms with Crippen LogP contribution in [0.4, 0.5) is 0 Å². The minimum Gasteiger partial charge on any atom is -0.466 e. The largest absolute Gasteiger partial charge is 0.466 e. The van der Waals surface area contributed by atoms with Gasteiger partial charge in [-0.1, -0.05) is 0 Å². The summed E-state index contributed by atoms with van der Waals surface area (Å²) in [6, 6.07) is -3.92. The lowest BCUT2D eigenvalue weighted by atomic mass is 9.80. The Labute approximate surface area is 250 Å². The molecule has 1 saturated carbocycles. The molecular formula is C24H49N7O11S. The Hall–Kier alpha value is -1.11. The van der Waals surface area contributed by atoms with Crippen LogP contribution in [0.15, 0.2) is 11.8 Å². The molecule has 1 saturated heterocycles. The summed E-state index contributed by atoms with van der Waals surface area (Å²) in [4.78, 5) is 0. The number of hydrogen-bond acceptors (Lipinski definition) is 17. The van der Waals surface area contributed by atoms with Crippen LogP contribution >= 0.6 is 0 Å². The van der Waals surface area contributed by atoms with Gasteiger partial charge in [-0.2, -0.15) is 4.72 Å². The summed E-state index contributed by atoms with van der Waals surface area (Å²) < 4.78 is 51.2. The average Bonchev–Trinajstić information content (AvgIpc) is 2.89. The second-order valence-electron chi connectivity index (χ2n) is 11.8. The van der Waals surface area contributed by atoms with Crippen molar-refractivity contribution in [2.45, 2.75) is 111 Å². The number of hydrogen-bond donors (Lipinski definition) is 12. The first-order valence-electron chi connectivity index (χ1n) is 14.1. The first-order chi connectivity index (χ1) is 19.9. The van der Waals surface area contributed by atoms with E-state index in [1.54, 1.807) is 6.08 Å². The highest BCUT2D eigenvalue weighted by Gasteiger charge is 2.57. The van der Waals surface area contributed by atoms with E-state index in [0.717, 1.165) is 0 Å². The maximum absolute atomic E-state index is 12.8. The molecule has 43 heavy (non-hydrogen) atoms. The SMILES string of the molecule is CN[C@@H]1[C@@H](O)[C@@H](O[C@@H]2[C@@H](O)[C@H](O[C@H]3OC(C(N)C(O)C(C)O)=CC[C@H]3N)[C@@H](N)C[C@]2(N)NS(=O)(=O)CCN)OC[C@]1(C)O. The van der Waals surface area contributed by atoms with Crippen molar-refractivity contribution in [3.8, 4) is 0 Å². The molecule has 3 rings (SSSR count). The Kier molecular flexibility index (Phi) is 11.9. The zero-order valence-corrected chi connectivity index (χ0v) is 25.3. The summed E-state index contributed by atoms with van der Waals surface area (Å²) >= 11 is 0. The lowest BCUT2D eigenvalue weighted by Crippen LogP contribution is -2.77. The van der Waals surface area contributed by atoms with Gasteiger partial charge in [-0.25, -0.2) is 8.42 Å². The lowest BCUT2D eigenvalue weighted by molar-refractivity contribution is -0.311. The molecule has 1 aliphatic carbocycles. The molecular weight excluding hydrogens is 594 g/mol. The van der Waals surface area contributed by atoms with Crippen LogP contribution in [-0.4, -0.2) is 145 Å². The van der Waals surface area contributed by atoms with Gasteiger partial charge in [0.15, 0.2) is 6.29 Å². The van der Waals surface area contributed by atoms with Crippen LogP contribution in [0.25, 0.3) is 0 Å². The summed E-state index contributed by atoms with van der Waals surface area (Å²) in [5, 5.41) is 55.9. The molecule has 0 aromatic heterocycles. The van der Waals surface area contributed by atoms with Gasteiger partial charge in [0.05, 0.1) is 36.6 Å². The third-order valence-corrected chi connectivity index (χ3v) is 9.44. The Bertz CT molecular complexity index is 1070. The van der Waals surface area contributed by atoms with Crippen molar-refractivity contribution in [1.29, 1.82) is 0 Å². The molecule has 2 fully saturated rings. The highest BCUT2D eigenvalue weighted by Crippen LogP contribution is 2.35. The van der Waals surface area contributed by atoms with E-state index in [0.29, 0.717) is 0 Å². The van der Waals surface area contributed by atoms with E-state index in [4.69, 9.17) is 47.6 Å². The van der Waals surface area contributed by atoms with Crippen molar-refractivity contribution >= 4 is 10.0 Å². The predicted molar refractivity (Wildman–Crippen MR) is 152 cm³/mol. The molecule has 19 heteroatoms. The van der Waals surface area contributed by atoms with Crippen LogP contribution in [0.3, 0.4) is 0 Å². The van der Waals surface area contributed by atoms with E-state index in [1.807, 2.05) is 0 Å². The van der Waals surface area contributed by atoms with E-state index >= 15 is 0 Å². The van der Waals surface area contributed by atoms with Crippen molar-refractivity contribution in [3.05, 3.63) is 11.8 Å². The van der Waals surface area contributed by atoms with Crippen LogP contribution in [0, 0.1) is 0 Å². The molecule has 18 nitrogen and oxygen atoms in total. The molecule has 2 heterocycles. The standard InChI is InChI=1S/C24H49N7O11S/c1-10(32)15(33)14(28)13-5-4-11(26)21(40-13)41-18-12(27)8-24(29,31-43(37,38)7-6-25)20(16(18)34)42-22-17(35)19(30-3)23(2,36)9-39-22/h5,10-12,14-22,30-36H,4,6-9,25-29H2,1-3H3/t10?,11-,12+,14?,15?,16+,17-,18-,19-,20-,21-,22-,23+,24+/m1/s1. The van der Waals surface area contributed by atoms with Crippen LogP contribution in [0.2, 0.25) is 0 Å². The maximum Gasteiger partial charge on any atom is 0.215 e. The minimum atomic E-state index is -4.10. The fourth-order valence-electron chi connectivity index (χ4n) is 5.64. The Morgan fingerprint density at radius 3 is 2.40 bits per heavy atom. The highest BCUT2D eigenvalue weighted by atomic mass is 32.2. The van der Waals surface area contributed by atoms with Gasteiger partial charge < -0.3 is 78.5 Å². The van der Waals surface area contributed by atoms with Crippen molar-refractivity contribution in [2.24, 2.45) is 28.7 Å². The Morgan fingerprint density at radius 2 is 1.81 bits per heavy atom. The van der Waals surface area contributed by atoms with Crippen LogP contribution in [0.5, 0.6) is 0 Å². The lowest BCUT2D eigenvalue weighted by Gasteiger charge is -2.52. The highest BCUT2D eigenvalue weighted by molar-refractivity contribution is 7.89. The molecule has 17 N–H and O–H groups in total. The quantitative estimate of drug-likeness (QED) is 0.0879. The number of sulfonamides is 1. The van der Waals surface area contributed by atoms with Crippen molar-refractivity contribution in [2.75, 3.05) is 26.0 Å². The Balaban J connectivity index is 1.89. The smallest absolute Gasteiger partial charge is 0.215 e. The fraction of sp³-hybridized carbons (Fsp3) is 0.917. The molecule has 3 unspecified atom stereocenters. The monoisotopic (exact) mass is 643 g/mol. The zero-order chi connectivity index (χ0) is 32.5. The molecule has 0 aromatic carbocycles. The molecule has 252 valence electrons. The number of aliphatic hydroxyl groups excluding tert-OH is 4. The van der Waals surface area contributed by atoms with Gasteiger partial charge in [0.1, 0.15) is 47.5 Å². The van der Waals surface area contributed by atoms with Crippen LogP contribution < -0.4 is 38.7 Å². The van der Waals surface area contributed by atoms with Gasteiger partial charge in [-0.3, -0.25) is 0 Å². The third kappa shape index (κ3) is 8.19. The van der Waals surface area contributed by atoms with Gasteiger partial charge in [-0.15, -0.1) is 0 Å². The summed E-state index contributed by atoms with van der Waals surface area (Å²) in [5.74, 6) is -0.395. The van der Waals surface area contributed by atoms with E-state index in [9.17, 15) is 34.0 Å². The molecule has 3 aliphatic rings. The van der Waals surface area contributed by atoms with Gasteiger partial charge in [0.25, 0.3) is 0 Å². The predicted octanol–water partition coefficient (Wildman–Crippen LogP) is -6.54. The molecule has 0 aromatic rings. The van der Waals surface area contributed by atoms with Crippen molar-refractivity contribution in [3.63, 3.8) is 0 Å². The van der Waals surface area contributed by atoms with E-state index in [-0.39, 0.29) is 31.8 Å². The van der Waals surface area contributed by atoms with Gasteiger partial charge in [0.2, 0.25) is 16.3 Å². The zero-order valence-electron chi connectivity index (χ0n) is 24.5. The summed E-state index contributed by atoms with van der Waals surface area (Å²) in [7, 11) is -2.58. The van der Waals surface area contributed by atoms with Gasteiger partial charge >= 0.3 is 0 Å². The molecule has 14 atom stereocenters. The van der Waals surface area contributed by atoms with E-state index < -0.39 is 100 Å². The first-order valence-corrected chi connectivity index (χ1v) is 15.7. The van der Waals surface area contributed by atoms with Gasteiger partial charge in [-0.05, 0) is 39.8 Å². The number of ether oxygens (including phenoxy) is 4. The normalized spacial score (nSPS) is 42.9. The first kappa shape index (κ1) is 36.4. The van der Waals surface area contributed by atoms with E-state index in [2.05, 4.69) is 10.0 Å². The molecule has 0 bridgehead atoms. The number of nitrogens with one attached hydrogen (secondary N) is 2. The van der Waals surface area contributed by atoms with Crippen molar-refractivity contribution < 1.29 is 52.9 Å². The number of rotatable bonds is 12. The Morgan fingerprint density at radius 1 is 1.16 bits per heavy atom.